The van der Waals surface area contributed by atoms with Crippen molar-refractivity contribution in [2.75, 3.05) is 0 Å². The maximum atomic E-state index is 12.6. The fraction of sp³-hybridized carbons (Fsp3) is 0.409. The van der Waals surface area contributed by atoms with Gasteiger partial charge in [-0.2, -0.15) is 0 Å². The van der Waals surface area contributed by atoms with E-state index in [0.29, 0.717) is 0 Å². The Morgan fingerprint density at radius 2 is 1.67 bits per heavy atom. The van der Waals surface area contributed by atoms with Gasteiger partial charge in [0.1, 0.15) is 5.60 Å². The molecular formula is C22H26O2. The Bertz CT molecular complexity index is 784. The van der Waals surface area contributed by atoms with Crippen LogP contribution in [0.15, 0.2) is 42.5 Å². The highest BCUT2D eigenvalue weighted by Gasteiger charge is 2.36. The van der Waals surface area contributed by atoms with Crippen molar-refractivity contribution in [2.24, 2.45) is 5.41 Å². The van der Waals surface area contributed by atoms with Crippen molar-refractivity contribution < 1.29 is 9.53 Å². The molecular weight excluding hydrogens is 296 g/mol. The fourth-order valence-corrected chi connectivity index (χ4v) is 3.26. The van der Waals surface area contributed by atoms with E-state index in [1.54, 1.807) is 0 Å². The van der Waals surface area contributed by atoms with Gasteiger partial charge in [-0.25, -0.2) is 0 Å². The van der Waals surface area contributed by atoms with Gasteiger partial charge < -0.3 is 4.74 Å². The van der Waals surface area contributed by atoms with Gasteiger partial charge in [0.2, 0.25) is 0 Å². The third kappa shape index (κ3) is 2.75. The molecule has 0 heterocycles. The summed E-state index contributed by atoms with van der Waals surface area (Å²) in [5.74, 6) is -0.140. The number of fused-ring (bicyclic) bond motifs is 3. The molecule has 126 valence electrons. The summed E-state index contributed by atoms with van der Waals surface area (Å²) in [6, 6.07) is 14.8. The molecule has 0 radical (unpaired) electrons. The molecule has 0 saturated heterocycles. The van der Waals surface area contributed by atoms with Crippen LogP contribution in [0.1, 0.15) is 57.7 Å². The third-order valence-corrected chi connectivity index (χ3v) is 5.25. The normalized spacial score (nSPS) is 13.4. The van der Waals surface area contributed by atoms with Crippen LogP contribution in [0.25, 0.3) is 11.1 Å². The van der Waals surface area contributed by atoms with Crippen LogP contribution in [0.4, 0.5) is 0 Å². The predicted octanol–water partition coefficient (Wildman–Crippen LogP) is 5.47. The van der Waals surface area contributed by atoms with Crippen LogP contribution in [0, 0.1) is 5.41 Å². The minimum Gasteiger partial charge on any atom is -0.454 e. The zero-order valence-electron chi connectivity index (χ0n) is 15.3. The zero-order valence-corrected chi connectivity index (χ0v) is 15.3. The van der Waals surface area contributed by atoms with Crippen LogP contribution in [0.5, 0.6) is 0 Å². The SMILES string of the molecule is CCC(C)(C)C(=O)OC(C)(C)c1cccc2c1-c1ccccc1C2. The van der Waals surface area contributed by atoms with Crippen LogP contribution in [0.2, 0.25) is 0 Å². The Hall–Kier alpha value is -2.09. The Morgan fingerprint density at radius 3 is 2.38 bits per heavy atom. The van der Waals surface area contributed by atoms with Crippen LogP contribution in [-0.4, -0.2) is 5.97 Å². The van der Waals surface area contributed by atoms with Crippen molar-refractivity contribution in [3.63, 3.8) is 0 Å². The summed E-state index contributed by atoms with van der Waals surface area (Å²) >= 11 is 0. The number of hydrogen-bond acceptors (Lipinski definition) is 2. The van der Waals surface area contributed by atoms with E-state index >= 15 is 0 Å². The van der Waals surface area contributed by atoms with Crippen LogP contribution >= 0.6 is 0 Å². The molecule has 0 saturated carbocycles. The smallest absolute Gasteiger partial charge is 0.312 e. The van der Waals surface area contributed by atoms with Crippen molar-refractivity contribution in [1.29, 1.82) is 0 Å². The average Bonchev–Trinajstić information content (AvgIpc) is 2.92. The average molecular weight is 322 g/mol. The van der Waals surface area contributed by atoms with E-state index in [9.17, 15) is 4.79 Å². The summed E-state index contributed by atoms with van der Waals surface area (Å²) in [4.78, 5) is 12.6. The van der Waals surface area contributed by atoms with Crippen LogP contribution in [0.3, 0.4) is 0 Å². The number of esters is 1. The van der Waals surface area contributed by atoms with Gasteiger partial charge in [0.25, 0.3) is 0 Å². The van der Waals surface area contributed by atoms with Gasteiger partial charge in [0, 0.05) is 5.56 Å². The van der Waals surface area contributed by atoms with E-state index in [4.69, 9.17) is 4.74 Å². The Morgan fingerprint density at radius 1 is 1.00 bits per heavy atom. The van der Waals surface area contributed by atoms with Crippen LogP contribution < -0.4 is 0 Å². The first-order chi connectivity index (χ1) is 11.3. The van der Waals surface area contributed by atoms with Crippen molar-refractivity contribution >= 4 is 5.97 Å². The van der Waals surface area contributed by atoms with Gasteiger partial charge in [0.15, 0.2) is 0 Å². The van der Waals surface area contributed by atoms with E-state index in [2.05, 4.69) is 42.5 Å². The Kier molecular flexibility index (Phi) is 4.03. The van der Waals surface area contributed by atoms with E-state index in [0.717, 1.165) is 18.4 Å². The highest BCUT2D eigenvalue weighted by Crippen LogP contribution is 2.43. The minimum atomic E-state index is -0.660. The number of ether oxygens (including phenoxy) is 1. The van der Waals surface area contributed by atoms with Crippen molar-refractivity contribution in [3.8, 4) is 11.1 Å². The van der Waals surface area contributed by atoms with Crippen LogP contribution in [-0.2, 0) is 21.6 Å². The largest absolute Gasteiger partial charge is 0.454 e. The topological polar surface area (TPSA) is 26.3 Å². The number of benzene rings is 2. The van der Waals surface area contributed by atoms with E-state index in [1.165, 1.54) is 22.3 Å². The number of hydrogen-bond donors (Lipinski definition) is 0. The lowest BCUT2D eigenvalue weighted by atomic mass is 9.87. The number of carbonyl (C=O) groups is 1. The van der Waals surface area contributed by atoms with Gasteiger partial charge in [-0.1, -0.05) is 49.4 Å². The van der Waals surface area contributed by atoms with Crippen molar-refractivity contribution in [2.45, 2.75) is 53.1 Å². The zero-order chi connectivity index (χ0) is 17.5. The van der Waals surface area contributed by atoms with Gasteiger partial charge in [-0.3, -0.25) is 4.79 Å². The molecule has 3 rings (SSSR count). The second kappa shape index (κ2) is 5.77. The third-order valence-electron chi connectivity index (χ3n) is 5.25. The second-order valence-corrected chi connectivity index (χ2v) is 7.81. The van der Waals surface area contributed by atoms with E-state index in [1.807, 2.05) is 34.6 Å². The molecule has 2 aromatic carbocycles. The number of carbonyl (C=O) groups excluding carboxylic acids is 1. The first-order valence-corrected chi connectivity index (χ1v) is 8.70. The monoisotopic (exact) mass is 322 g/mol. The first-order valence-electron chi connectivity index (χ1n) is 8.70. The standard InChI is InChI=1S/C22H26O2/c1-6-21(2,3)20(23)24-22(4,5)18-13-9-11-16-14-15-10-7-8-12-17(15)19(16)18/h7-13H,6,14H2,1-5H3. The molecule has 1 aliphatic carbocycles. The molecule has 0 fully saturated rings. The molecule has 0 spiro atoms. The van der Waals surface area contributed by atoms with E-state index in [-0.39, 0.29) is 5.97 Å². The van der Waals surface area contributed by atoms with Gasteiger partial charge in [-0.05, 0) is 62.8 Å². The summed E-state index contributed by atoms with van der Waals surface area (Å²) in [6.45, 7) is 9.89. The Labute approximate surface area is 144 Å². The Balaban J connectivity index is 2.03. The first kappa shape index (κ1) is 16.8. The molecule has 1 aliphatic rings. The summed E-state index contributed by atoms with van der Waals surface area (Å²) in [5.41, 5.74) is 5.12. The van der Waals surface area contributed by atoms with Gasteiger partial charge >= 0.3 is 5.97 Å². The quantitative estimate of drug-likeness (QED) is 0.595. The molecule has 0 amide bonds. The molecule has 2 aromatic rings. The molecule has 0 N–H and O–H groups in total. The summed E-state index contributed by atoms with van der Waals surface area (Å²) < 4.78 is 5.98. The molecule has 0 bridgehead atoms. The lowest BCUT2D eigenvalue weighted by molar-refractivity contribution is -0.168. The summed E-state index contributed by atoms with van der Waals surface area (Å²) in [6.07, 6.45) is 1.71. The molecule has 0 unspecified atom stereocenters. The molecule has 24 heavy (non-hydrogen) atoms. The fourth-order valence-electron chi connectivity index (χ4n) is 3.26. The minimum absolute atomic E-state index is 0.140. The molecule has 0 aromatic heterocycles. The van der Waals surface area contributed by atoms with Crippen molar-refractivity contribution in [3.05, 3.63) is 59.2 Å². The second-order valence-electron chi connectivity index (χ2n) is 7.81. The molecule has 0 atom stereocenters. The lowest BCUT2D eigenvalue weighted by Gasteiger charge is -2.32. The van der Waals surface area contributed by atoms with Gasteiger partial charge in [0.05, 0.1) is 5.41 Å². The lowest BCUT2D eigenvalue weighted by Crippen LogP contribution is -2.34. The van der Waals surface area contributed by atoms with E-state index < -0.39 is 11.0 Å². The number of rotatable bonds is 4. The van der Waals surface area contributed by atoms with Crippen molar-refractivity contribution in [1.82, 2.24) is 0 Å². The summed E-state index contributed by atoms with van der Waals surface area (Å²) in [5, 5.41) is 0. The molecule has 2 heteroatoms. The highest BCUT2D eigenvalue weighted by molar-refractivity contribution is 5.81. The maximum absolute atomic E-state index is 12.6. The predicted molar refractivity (Wildman–Crippen MR) is 97.9 cm³/mol. The molecule has 2 nitrogen and oxygen atoms in total. The van der Waals surface area contributed by atoms with Gasteiger partial charge in [-0.15, -0.1) is 0 Å². The maximum Gasteiger partial charge on any atom is 0.312 e. The molecule has 0 aliphatic heterocycles. The summed E-state index contributed by atoms with van der Waals surface area (Å²) in [7, 11) is 0. The highest BCUT2D eigenvalue weighted by atomic mass is 16.6.